The quantitative estimate of drug-likeness (QED) is 0.241. The summed E-state index contributed by atoms with van der Waals surface area (Å²) in [6, 6.07) is 35.6. The molecule has 5 rings (SSSR count). The van der Waals surface area contributed by atoms with E-state index in [9.17, 15) is 9.59 Å². The van der Waals surface area contributed by atoms with Crippen LogP contribution in [-0.4, -0.2) is 17.4 Å². The van der Waals surface area contributed by atoms with Gasteiger partial charge in [-0.05, 0) is 59.1 Å². The molecule has 41 heavy (non-hydrogen) atoms. The largest absolute Gasteiger partial charge is 0.461 e. The first-order valence-corrected chi connectivity index (χ1v) is 14.4. The first kappa shape index (κ1) is 28.3. The van der Waals surface area contributed by atoms with Gasteiger partial charge in [0, 0.05) is 5.69 Å². The van der Waals surface area contributed by atoms with Gasteiger partial charge >= 0.3 is 5.97 Å². The number of nitrogens with zero attached hydrogens (tertiary/aromatic N) is 1. The SMILES string of the molecule is CC(C)c1ccc(CN2C(=O)[C@@](N)([C@H](Cc3ccccc3)C(=O)OCc3ccccc3)CCc3ccccc32)cc1. The fourth-order valence-electron chi connectivity index (χ4n) is 5.62. The third-order valence-corrected chi connectivity index (χ3v) is 8.13. The van der Waals surface area contributed by atoms with E-state index in [0.29, 0.717) is 31.7 Å². The molecule has 5 nitrogen and oxygen atoms in total. The van der Waals surface area contributed by atoms with Crippen molar-refractivity contribution < 1.29 is 14.3 Å². The van der Waals surface area contributed by atoms with Gasteiger partial charge in [0.15, 0.2) is 0 Å². The highest BCUT2D eigenvalue weighted by Gasteiger charge is 2.50. The number of ether oxygens (including phenoxy) is 1. The van der Waals surface area contributed by atoms with E-state index in [2.05, 4.69) is 38.1 Å². The molecule has 0 fully saturated rings. The zero-order valence-corrected chi connectivity index (χ0v) is 23.8. The van der Waals surface area contributed by atoms with Gasteiger partial charge in [0.1, 0.15) is 12.1 Å². The monoisotopic (exact) mass is 546 g/mol. The van der Waals surface area contributed by atoms with Gasteiger partial charge in [-0.15, -0.1) is 0 Å². The van der Waals surface area contributed by atoms with E-state index in [4.69, 9.17) is 10.5 Å². The van der Waals surface area contributed by atoms with Crippen molar-refractivity contribution in [3.8, 4) is 0 Å². The molecule has 2 N–H and O–H groups in total. The highest BCUT2D eigenvalue weighted by Crippen LogP contribution is 2.37. The Morgan fingerprint density at radius 2 is 1.44 bits per heavy atom. The Morgan fingerprint density at radius 1 is 0.829 bits per heavy atom. The van der Waals surface area contributed by atoms with Crippen LogP contribution in [0.25, 0.3) is 0 Å². The summed E-state index contributed by atoms with van der Waals surface area (Å²) in [6.45, 7) is 4.82. The van der Waals surface area contributed by atoms with Crippen LogP contribution in [0.2, 0.25) is 0 Å². The number of rotatable bonds is 9. The maximum Gasteiger partial charge on any atom is 0.312 e. The lowest BCUT2D eigenvalue weighted by atomic mass is 9.76. The predicted octanol–water partition coefficient (Wildman–Crippen LogP) is 6.59. The van der Waals surface area contributed by atoms with Gasteiger partial charge in [-0.1, -0.05) is 117 Å². The lowest BCUT2D eigenvalue weighted by molar-refractivity contribution is -0.155. The average Bonchev–Trinajstić information content (AvgIpc) is 3.11. The van der Waals surface area contributed by atoms with Crippen molar-refractivity contribution in [1.29, 1.82) is 0 Å². The number of nitrogens with two attached hydrogens (primary N) is 1. The average molecular weight is 547 g/mol. The van der Waals surface area contributed by atoms with E-state index in [-0.39, 0.29) is 12.5 Å². The lowest BCUT2D eigenvalue weighted by Gasteiger charge is -2.37. The maximum atomic E-state index is 14.6. The summed E-state index contributed by atoms with van der Waals surface area (Å²) < 4.78 is 5.85. The Morgan fingerprint density at radius 3 is 2.10 bits per heavy atom. The van der Waals surface area contributed by atoms with Crippen molar-refractivity contribution in [3.05, 3.63) is 137 Å². The number of amides is 1. The van der Waals surface area contributed by atoms with Crippen LogP contribution in [-0.2, 0) is 40.3 Å². The third kappa shape index (κ3) is 6.41. The Bertz CT molecular complexity index is 1470. The molecule has 0 spiro atoms. The highest BCUT2D eigenvalue weighted by atomic mass is 16.5. The van der Waals surface area contributed by atoms with Crippen LogP contribution in [0, 0.1) is 5.92 Å². The van der Waals surface area contributed by atoms with Gasteiger partial charge in [-0.3, -0.25) is 9.59 Å². The number of para-hydroxylation sites is 1. The van der Waals surface area contributed by atoms with Crippen LogP contribution < -0.4 is 10.6 Å². The first-order chi connectivity index (χ1) is 19.8. The second-order valence-electron chi connectivity index (χ2n) is 11.3. The summed E-state index contributed by atoms with van der Waals surface area (Å²) in [6.07, 6.45) is 1.23. The number of benzene rings is 4. The molecule has 0 bridgehead atoms. The number of esters is 1. The molecule has 2 atom stereocenters. The van der Waals surface area contributed by atoms with Crippen molar-refractivity contribution in [2.75, 3.05) is 4.90 Å². The van der Waals surface area contributed by atoms with Crippen LogP contribution in [0.4, 0.5) is 5.69 Å². The van der Waals surface area contributed by atoms with E-state index >= 15 is 0 Å². The molecular weight excluding hydrogens is 508 g/mol. The first-order valence-electron chi connectivity index (χ1n) is 14.4. The number of aryl methyl sites for hydroxylation is 1. The molecule has 1 aliphatic heterocycles. The van der Waals surface area contributed by atoms with E-state index in [0.717, 1.165) is 27.9 Å². The molecule has 0 saturated heterocycles. The zero-order valence-electron chi connectivity index (χ0n) is 23.8. The number of carbonyl (C=O) groups is 2. The second kappa shape index (κ2) is 12.5. The zero-order chi connectivity index (χ0) is 28.8. The van der Waals surface area contributed by atoms with Crippen molar-refractivity contribution in [1.82, 2.24) is 0 Å². The molecule has 5 heteroatoms. The molecule has 0 saturated carbocycles. The molecule has 1 heterocycles. The van der Waals surface area contributed by atoms with Crippen molar-refractivity contribution in [2.45, 2.75) is 57.7 Å². The summed E-state index contributed by atoms with van der Waals surface area (Å²) >= 11 is 0. The van der Waals surface area contributed by atoms with Crippen molar-refractivity contribution >= 4 is 17.6 Å². The van der Waals surface area contributed by atoms with Gasteiger partial charge < -0.3 is 15.4 Å². The minimum atomic E-state index is -1.46. The van der Waals surface area contributed by atoms with Crippen molar-refractivity contribution in [3.63, 3.8) is 0 Å². The fourth-order valence-corrected chi connectivity index (χ4v) is 5.62. The highest BCUT2D eigenvalue weighted by molar-refractivity contribution is 6.04. The second-order valence-corrected chi connectivity index (χ2v) is 11.3. The van der Waals surface area contributed by atoms with Crippen LogP contribution in [0.15, 0.2) is 109 Å². The van der Waals surface area contributed by atoms with E-state index in [1.807, 2.05) is 84.9 Å². The Hall–Kier alpha value is -4.22. The van der Waals surface area contributed by atoms with Gasteiger partial charge in [0.05, 0.1) is 12.5 Å². The lowest BCUT2D eigenvalue weighted by Crippen LogP contribution is -2.62. The predicted molar refractivity (Wildman–Crippen MR) is 163 cm³/mol. The van der Waals surface area contributed by atoms with Crippen LogP contribution in [0.3, 0.4) is 0 Å². The molecule has 0 unspecified atom stereocenters. The summed E-state index contributed by atoms with van der Waals surface area (Å²) in [7, 11) is 0. The number of hydrogen-bond donors (Lipinski definition) is 1. The molecular formula is C36H38N2O3. The minimum Gasteiger partial charge on any atom is -0.461 e. The van der Waals surface area contributed by atoms with Crippen LogP contribution >= 0.6 is 0 Å². The van der Waals surface area contributed by atoms with Gasteiger partial charge in [0.25, 0.3) is 0 Å². The number of fused-ring (bicyclic) bond motifs is 1. The molecule has 210 valence electrons. The summed E-state index contributed by atoms with van der Waals surface area (Å²) in [5.41, 5.74) is 11.7. The van der Waals surface area contributed by atoms with E-state index in [1.54, 1.807) is 4.90 Å². The Kier molecular flexibility index (Phi) is 8.65. The summed E-state index contributed by atoms with van der Waals surface area (Å²) in [5, 5.41) is 0. The standard InChI is InChI=1S/C36H38N2O3/c1-26(2)30-19-17-28(18-20-30)24-38-33-16-10-9-15-31(33)21-22-36(37,35(38)40)32(23-27-11-5-3-6-12-27)34(39)41-25-29-13-7-4-8-14-29/h3-20,26,32H,21-25,37H2,1-2H3/t32-,36+/m1/s1. The van der Waals surface area contributed by atoms with E-state index < -0.39 is 17.4 Å². The number of carbonyl (C=O) groups excluding carboxylic acids is 2. The Labute approximate surface area is 243 Å². The Balaban J connectivity index is 1.50. The van der Waals surface area contributed by atoms with Crippen molar-refractivity contribution in [2.24, 2.45) is 11.7 Å². The topological polar surface area (TPSA) is 72.6 Å². The molecule has 4 aromatic carbocycles. The molecule has 1 amide bonds. The van der Waals surface area contributed by atoms with Gasteiger partial charge in [-0.2, -0.15) is 0 Å². The molecule has 0 aliphatic carbocycles. The summed E-state index contributed by atoms with van der Waals surface area (Å²) in [4.78, 5) is 30.2. The maximum absolute atomic E-state index is 14.6. The van der Waals surface area contributed by atoms with E-state index in [1.165, 1.54) is 5.56 Å². The van der Waals surface area contributed by atoms with Crippen LogP contribution in [0.5, 0.6) is 0 Å². The van der Waals surface area contributed by atoms with Crippen LogP contribution in [0.1, 0.15) is 54.0 Å². The smallest absolute Gasteiger partial charge is 0.312 e. The molecule has 0 aromatic heterocycles. The molecule has 0 radical (unpaired) electrons. The minimum absolute atomic E-state index is 0.126. The van der Waals surface area contributed by atoms with Gasteiger partial charge in [-0.25, -0.2) is 0 Å². The van der Waals surface area contributed by atoms with Gasteiger partial charge in [0.2, 0.25) is 5.91 Å². The normalized spacial score (nSPS) is 17.6. The molecule has 1 aliphatic rings. The third-order valence-electron chi connectivity index (χ3n) is 8.13. The number of anilines is 1. The summed E-state index contributed by atoms with van der Waals surface area (Å²) in [5.74, 6) is -1.16. The molecule has 4 aromatic rings. The fraction of sp³-hybridized carbons (Fsp3) is 0.278. The number of hydrogen-bond acceptors (Lipinski definition) is 4.